The van der Waals surface area contributed by atoms with Crippen LogP contribution >= 0.6 is 0 Å². The maximum Gasteiger partial charge on any atom is 0.339 e. The molecule has 0 saturated carbocycles. The van der Waals surface area contributed by atoms with Crippen LogP contribution in [0.2, 0.25) is 0 Å². The number of halogens is 2. The van der Waals surface area contributed by atoms with Gasteiger partial charge in [-0.3, -0.25) is 4.79 Å². The first-order chi connectivity index (χ1) is 10.9. The third kappa shape index (κ3) is 4.77. The van der Waals surface area contributed by atoms with Crippen molar-refractivity contribution >= 4 is 12.4 Å². The van der Waals surface area contributed by atoms with Gasteiger partial charge in [-0.2, -0.15) is 0 Å². The van der Waals surface area contributed by atoms with Crippen LogP contribution in [-0.2, 0) is 11.4 Å². The molecule has 0 spiro atoms. The summed E-state index contributed by atoms with van der Waals surface area (Å²) >= 11 is 0. The summed E-state index contributed by atoms with van der Waals surface area (Å²) in [5.74, 6) is -4.23. The Hall–Kier alpha value is -2.96. The van der Waals surface area contributed by atoms with Crippen LogP contribution in [0.4, 0.5) is 8.78 Å². The molecular weight excluding hydrogens is 310 g/mol. The van der Waals surface area contributed by atoms with E-state index in [-0.39, 0.29) is 18.6 Å². The van der Waals surface area contributed by atoms with E-state index in [4.69, 9.17) is 19.7 Å². The highest BCUT2D eigenvalue weighted by atomic mass is 19.1. The molecule has 0 heterocycles. The molecule has 2 aromatic carbocycles. The number of carbonyl (C=O) groups is 2. The fourth-order valence-corrected chi connectivity index (χ4v) is 1.84. The van der Waals surface area contributed by atoms with Gasteiger partial charge in [0, 0.05) is 0 Å². The first kappa shape index (κ1) is 18.1. The molecule has 0 fully saturated rings. The Labute approximate surface area is 130 Å². The maximum atomic E-state index is 14.0. The second-order valence-electron chi connectivity index (χ2n) is 4.38. The molecule has 0 aliphatic rings. The van der Waals surface area contributed by atoms with Crippen LogP contribution in [0.1, 0.15) is 21.5 Å². The number of aryl methyl sites for hydroxylation is 1. The smallest absolute Gasteiger partial charge is 0.339 e. The SMILES string of the molecule is Cc1cc(F)c(OCc2ccccc2)c(F)c1C(=O)O.O=CO. The second kappa shape index (κ2) is 8.47. The molecule has 2 aromatic rings. The molecule has 122 valence electrons. The molecule has 2 rings (SSSR count). The van der Waals surface area contributed by atoms with Crippen LogP contribution in [0.15, 0.2) is 36.4 Å². The first-order valence-corrected chi connectivity index (χ1v) is 6.38. The molecule has 0 amide bonds. The molecule has 5 nitrogen and oxygen atoms in total. The molecule has 7 heteroatoms. The molecule has 0 aliphatic carbocycles. The van der Waals surface area contributed by atoms with Crippen LogP contribution in [0.25, 0.3) is 0 Å². The number of carboxylic acids is 1. The molecule has 2 N–H and O–H groups in total. The normalized spacial score (nSPS) is 9.52. The lowest BCUT2D eigenvalue weighted by molar-refractivity contribution is -0.122. The molecule has 0 radical (unpaired) electrons. The highest BCUT2D eigenvalue weighted by Gasteiger charge is 2.22. The lowest BCUT2D eigenvalue weighted by Gasteiger charge is -2.11. The van der Waals surface area contributed by atoms with Gasteiger partial charge in [-0.1, -0.05) is 30.3 Å². The van der Waals surface area contributed by atoms with Gasteiger partial charge >= 0.3 is 5.97 Å². The fourth-order valence-electron chi connectivity index (χ4n) is 1.84. The topological polar surface area (TPSA) is 83.8 Å². The predicted molar refractivity (Wildman–Crippen MR) is 77.5 cm³/mol. The van der Waals surface area contributed by atoms with Gasteiger partial charge in [0.05, 0.1) is 0 Å². The Kier molecular flexibility index (Phi) is 6.67. The monoisotopic (exact) mass is 324 g/mol. The zero-order chi connectivity index (χ0) is 17.4. The van der Waals surface area contributed by atoms with E-state index in [1.165, 1.54) is 6.92 Å². The highest BCUT2D eigenvalue weighted by molar-refractivity contribution is 5.90. The molecule has 23 heavy (non-hydrogen) atoms. The maximum absolute atomic E-state index is 14.0. The molecule has 0 bridgehead atoms. The third-order valence-electron chi connectivity index (χ3n) is 2.81. The van der Waals surface area contributed by atoms with Gasteiger partial charge < -0.3 is 14.9 Å². The van der Waals surface area contributed by atoms with Crippen molar-refractivity contribution in [3.63, 3.8) is 0 Å². The van der Waals surface area contributed by atoms with E-state index in [0.29, 0.717) is 0 Å². The van der Waals surface area contributed by atoms with Gasteiger partial charge in [0.15, 0.2) is 17.4 Å². The lowest BCUT2D eigenvalue weighted by atomic mass is 10.1. The van der Waals surface area contributed by atoms with Crippen molar-refractivity contribution in [2.24, 2.45) is 0 Å². The zero-order valence-corrected chi connectivity index (χ0v) is 12.1. The molecule has 0 saturated heterocycles. The van der Waals surface area contributed by atoms with Gasteiger partial charge in [-0.15, -0.1) is 0 Å². The average molecular weight is 324 g/mol. The fraction of sp³-hybridized carbons (Fsp3) is 0.125. The Morgan fingerprint density at radius 2 is 1.83 bits per heavy atom. The summed E-state index contributed by atoms with van der Waals surface area (Å²) in [6.45, 7) is 1.04. The van der Waals surface area contributed by atoms with E-state index in [9.17, 15) is 13.6 Å². The second-order valence-corrected chi connectivity index (χ2v) is 4.38. The Morgan fingerprint density at radius 1 is 1.26 bits per heavy atom. The van der Waals surface area contributed by atoms with Crippen LogP contribution in [0.5, 0.6) is 5.75 Å². The van der Waals surface area contributed by atoms with Gasteiger partial charge in [0.2, 0.25) is 0 Å². The van der Waals surface area contributed by atoms with E-state index in [0.717, 1.165) is 11.6 Å². The lowest BCUT2D eigenvalue weighted by Crippen LogP contribution is -2.08. The van der Waals surface area contributed by atoms with Gasteiger partial charge in [0.1, 0.15) is 12.2 Å². The molecule has 0 unspecified atom stereocenters. The van der Waals surface area contributed by atoms with E-state index < -0.39 is 28.9 Å². The summed E-state index contributed by atoms with van der Waals surface area (Å²) in [6.07, 6.45) is 0. The Bertz CT molecular complexity index is 687. The van der Waals surface area contributed by atoms with Crippen molar-refractivity contribution in [2.45, 2.75) is 13.5 Å². The number of benzene rings is 2. The van der Waals surface area contributed by atoms with Crippen molar-refractivity contribution in [3.8, 4) is 5.75 Å². The van der Waals surface area contributed by atoms with Crippen LogP contribution in [-0.4, -0.2) is 22.7 Å². The molecule has 0 atom stereocenters. The number of rotatable bonds is 4. The Morgan fingerprint density at radius 3 is 2.35 bits per heavy atom. The van der Waals surface area contributed by atoms with E-state index in [1.54, 1.807) is 30.3 Å². The number of aromatic carboxylic acids is 1. The quantitative estimate of drug-likeness (QED) is 0.844. The zero-order valence-electron chi connectivity index (χ0n) is 12.1. The van der Waals surface area contributed by atoms with Crippen molar-refractivity contribution in [1.82, 2.24) is 0 Å². The van der Waals surface area contributed by atoms with Gasteiger partial charge in [0.25, 0.3) is 6.47 Å². The van der Waals surface area contributed by atoms with Crippen molar-refractivity contribution in [2.75, 3.05) is 0 Å². The summed E-state index contributed by atoms with van der Waals surface area (Å²) in [5, 5.41) is 15.8. The van der Waals surface area contributed by atoms with E-state index in [2.05, 4.69) is 0 Å². The summed E-state index contributed by atoms with van der Waals surface area (Å²) < 4.78 is 32.8. The number of hydrogen-bond donors (Lipinski definition) is 2. The summed E-state index contributed by atoms with van der Waals surface area (Å²) in [7, 11) is 0. The van der Waals surface area contributed by atoms with Crippen molar-refractivity contribution in [3.05, 3.63) is 64.7 Å². The van der Waals surface area contributed by atoms with Gasteiger partial charge in [-0.25, -0.2) is 13.6 Å². The van der Waals surface area contributed by atoms with Crippen molar-refractivity contribution in [1.29, 1.82) is 0 Å². The van der Waals surface area contributed by atoms with Crippen LogP contribution in [0.3, 0.4) is 0 Å². The highest BCUT2D eigenvalue weighted by Crippen LogP contribution is 2.28. The summed E-state index contributed by atoms with van der Waals surface area (Å²) in [4.78, 5) is 19.3. The number of ether oxygens (including phenoxy) is 1. The standard InChI is InChI=1S/C15H12F2O3.CH2O2/c1-9-7-11(16)14(13(17)12(9)15(18)19)20-8-10-5-3-2-4-6-10;2-1-3/h2-7H,8H2,1H3,(H,18,19);1H,(H,2,3). The first-order valence-electron chi connectivity index (χ1n) is 6.38. The summed E-state index contributed by atoms with van der Waals surface area (Å²) in [6, 6.07) is 9.77. The van der Waals surface area contributed by atoms with Gasteiger partial charge in [-0.05, 0) is 24.1 Å². The molecular formula is C16H14F2O5. The molecule has 0 aromatic heterocycles. The van der Waals surface area contributed by atoms with Crippen LogP contribution < -0.4 is 4.74 Å². The van der Waals surface area contributed by atoms with E-state index in [1.807, 2.05) is 0 Å². The average Bonchev–Trinajstić information content (AvgIpc) is 2.48. The number of hydrogen-bond acceptors (Lipinski definition) is 3. The van der Waals surface area contributed by atoms with Crippen LogP contribution in [0, 0.1) is 18.6 Å². The largest absolute Gasteiger partial charge is 0.483 e. The minimum Gasteiger partial charge on any atom is -0.483 e. The Balaban J connectivity index is 0.000000816. The number of carboxylic acid groups (broad SMARTS) is 2. The minimum absolute atomic E-state index is 0.0135. The molecule has 0 aliphatic heterocycles. The summed E-state index contributed by atoms with van der Waals surface area (Å²) in [5.41, 5.74) is 0.165. The van der Waals surface area contributed by atoms with Crippen molar-refractivity contribution < 1.29 is 33.3 Å². The van der Waals surface area contributed by atoms with E-state index >= 15 is 0 Å². The minimum atomic E-state index is -1.45. The third-order valence-corrected chi connectivity index (χ3v) is 2.81. The predicted octanol–water partition coefficient (Wildman–Crippen LogP) is 3.25.